The van der Waals surface area contributed by atoms with Crippen molar-refractivity contribution in [3.05, 3.63) is 17.6 Å². The Balaban J connectivity index is 1.88. The van der Waals surface area contributed by atoms with Gasteiger partial charge in [-0.15, -0.1) is 0 Å². The predicted molar refractivity (Wildman–Crippen MR) is 75.8 cm³/mol. The Bertz CT molecular complexity index is 586. The maximum Gasteiger partial charge on any atom is 0.246 e. The van der Waals surface area contributed by atoms with Crippen molar-refractivity contribution >= 4 is 10.0 Å². The van der Waals surface area contributed by atoms with Crippen LogP contribution in [0.15, 0.2) is 15.4 Å². The number of nitrogens with zero attached hydrogens (tertiary/aromatic N) is 1. The fourth-order valence-electron chi connectivity index (χ4n) is 2.53. The number of rotatable bonds is 7. The first kappa shape index (κ1) is 14.1. The molecule has 0 amide bonds. The topological polar surface area (TPSA) is 62.6 Å². The summed E-state index contributed by atoms with van der Waals surface area (Å²) < 4.78 is 33.0. The van der Waals surface area contributed by atoms with Crippen molar-refractivity contribution in [1.29, 1.82) is 0 Å². The van der Waals surface area contributed by atoms with Crippen LogP contribution < -0.4 is 5.32 Å². The van der Waals surface area contributed by atoms with Crippen LogP contribution in [-0.4, -0.2) is 32.4 Å². The molecule has 1 aromatic heterocycles. The number of furan rings is 1. The highest BCUT2D eigenvalue weighted by atomic mass is 32.2. The summed E-state index contributed by atoms with van der Waals surface area (Å²) in [6, 6.07) is 1.88. The van der Waals surface area contributed by atoms with E-state index in [0.717, 1.165) is 25.7 Å². The molecule has 0 radical (unpaired) electrons. The molecule has 0 spiro atoms. The molecule has 2 saturated carbocycles. The normalized spacial score (nSPS) is 19.8. The van der Waals surface area contributed by atoms with Gasteiger partial charge in [0.25, 0.3) is 0 Å². The molecule has 2 aliphatic rings. The lowest BCUT2D eigenvalue weighted by molar-refractivity contribution is 0.387. The molecule has 0 aliphatic heterocycles. The average molecular weight is 298 g/mol. The van der Waals surface area contributed by atoms with Gasteiger partial charge in [0.05, 0.1) is 6.54 Å². The standard InChI is InChI=1S/C14H22N2O3S/c1-10-14(7-13(19-10)8-15-2)20(17,18)16(12-5-6-12)9-11-3-4-11/h7,11-12,15H,3-6,8-9H2,1-2H3. The van der Waals surface area contributed by atoms with Crippen LogP contribution in [0.3, 0.4) is 0 Å². The molecule has 0 unspecified atom stereocenters. The molecule has 20 heavy (non-hydrogen) atoms. The van der Waals surface area contributed by atoms with Crippen molar-refractivity contribution < 1.29 is 12.8 Å². The summed E-state index contributed by atoms with van der Waals surface area (Å²) in [5.74, 6) is 1.73. The number of sulfonamides is 1. The summed E-state index contributed by atoms with van der Waals surface area (Å²) >= 11 is 0. The van der Waals surface area contributed by atoms with E-state index in [4.69, 9.17) is 4.42 Å². The molecule has 0 atom stereocenters. The fourth-order valence-corrected chi connectivity index (χ4v) is 4.48. The van der Waals surface area contributed by atoms with E-state index in [1.54, 1.807) is 17.3 Å². The van der Waals surface area contributed by atoms with E-state index in [2.05, 4.69) is 5.32 Å². The Morgan fingerprint density at radius 3 is 2.60 bits per heavy atom. The van der Waals surface area contributed by atoms with Gasteiger partial charge in [-0.25, -0.2) is 8.42 Å². The van der Waals surface area contributed by atoms with Gasteiger partial charge in [-0.1, -0.05) is 0 Å². The predicted octanol–water partition coefficient (Wildman–Crippen LogP) is 1.87. The Kier molecular flexibility index (Phi) is 3.64. The van der Waals surface area contributed by atoms with E-state index in [9.17, 15) is 8.42 Å². The second kappa shape index (κ2) is 5.16. The molecule has 5 nitrogen and oxygen atoms in total. The van der Waals surface area contributed by atoms with Gasteiger partial charge in [-0.2, -0.15) is 4.31 Å². The van der Waals surface area contributed by atoms with Crippen LogP contribution in [0.1, 0.15) is 37.2 Å². The molecule has 112 valence electrons. The lowest BCUT2D eigenvalue weighted by Gasteiger charge is -2.21. The van der Waals surface area contributed by atoms with Crippen molar-refractivity contribution in [3.63, 3.8) is 0 Å². The van der Waals surface area contributed by atoms with E-state index in [1.807, 2.05) is 7.05 Å². The third-order valence-corrected chi connectivity index (χ3v) is 5.98. The molecule has 1 N–H and O–H groups in total. The highest BCUT2D eigenvalue weighted by molar-refractivity contribution is 7.89. The maximum atomic E-state index is 12.9. The molecular formula is C14H22N2O3S. The van der Waals surface area contributed by atoms with E-state index in [1.165, 1.54) is 0 Å². The van der Waals surface area contributed by atoms with Crippen LogP contribution >= 0.6 is 0 Å². The Morgan fingerprint density at radius 1 is 1.35 bits per heavy atom. The van der Waals surface area contributed by atoms with Gasteiger partial charge in [0.1, 0.15) is 16.4 Å². The van der Waals surface area contributed by atoms with Gasteiger partial charge >= 0.3 is 0 Å². The zero-order valence-electron chi connectivity index (χ0n) is 12.1. The van der Waals surface area contributed by atoms with Crippen LogP contribution in [0, 0.1) is 12.8 Å². The van der Waals surface area contributed by atoms with Gasteiger partial charge in [-0.05, 0) is 45.6 Å². The van der Waals surface area contributed by atoms with Crippen molar-refractivity contribution in [2.24, 2.45) is 5.92 Å². The zero-order valence-corrected chi connectivity index (χ0v) is 12.9. The summed E-state index contributed by atoms with van der Waals surface area (Å²) in [5.41, 5.74) is 0. The van der Waals surface area contributed by atoms with Gasteiger partial charge in [0.2, 0.25) is 10.0 Å². The van der Waals surface area contributed by atoms with E-state index < -0.39 is 10.0 Å². The monoisotopic (exact) mass is 298 g/mol. The molecule has 3 rings (SSSR count). The van der Waals surface area contributed by atoms with E-state index in [0.29, 0.717) is 35.4 Å². The van der Waals surface area contributed by atoms with Crippen LogP contribution in [0.25, 0.3) is 0 Å². The first-order chi connectivity index (χ1) is 9.52. The van der Waals surface area contributed by atoms with Crippen LogP contribution in [0.2, 0.25) is 0 Å². The molecule has 2 aliphatic carbocycles. The minimum atomic E-state index is -3.41. The molecule has 0 bridgehead atoms. The smallest absolute Gasteiger partial charge is 0.246 e. The number of aryl methyl sites for hydroxylation is 1. The second-order valence-corrected chi connectivity index (χ2v) is 7.77. The largest absolute Gasteiger partial charge is 0.464 e. The summed E-state index contributed by atoms with van der Waals surface area (Å²) in [4.78, 5) is 0.343. The molecule has 1 aromatic rings. The third-order valence-electron chi connectivity index (χ3n) is 3.95. The molecule has 0 saturated heterocycles. The fraction of sp³-hybridized carbons (Fsp3) is 0.714. The quantitative estimate of drug-likeness (QED) is 0.835. The van der Waals surface area contributed by atoms with Crippen LogP contribution in [0.4, 0.5) is 0 Å². The summed E-state index contributed by atoms with van der Waals surface area (Å²) in [7, 11) is -1.59. The summed E-state index contributed by atoms with van der Waals surface area (Å²) in [5, 5.41) is 2.98. The highest BCUT2D eigenvalue weighted by Gasteiger charge is 2.42. The van der Waals surface area contributed by atoms with Gasteiger partial charge in [0, 0.05) is 18.7 Å². The molecular weight excluding hydrogens is 276 g/mol. The number of hydrogen-bond acceptors (Lipinski definition) is 4. The first-order valence-electron chi connectivity index (χ1n) is 7.28. The van der Waals surface area contributed by atoms with Gasteiger partial charge in [0.15, 0.2) is 0 Å². The van der Waals surface area contributed by atoms with Gasteiger partial charge in [-0.3, -0.25) is 0 Å². The Labute approximate surface area is 120 Å². The summed E-state index contributed by atoms with van der Waals surface area (Å²) in [6.07, 6.45) is 4.31. The lowest BCUT2D eigenvalue weighted by atomic mass is 10.4. The van der Waals surface area contributed by atoms with Gasteiger partial charge < -0.3 is 9.73 Å². The molecule has 6 heteroatoms. The van der Waals surface area contributed by atoms with Crippen molar-refractivity contribution in [3.8, 4) is 0 Å². The first-order valence-corrected chi connectivity index (χ1v) is 8.72. The lowest BCUT2D eigenvalue weighted by Crippen LogP contribution is -2.35. The molecule has 0 aromatic carbocycles. The van der Waals surface area contributed by atoms with Crippen molar-refractivity contribution in [1.82, 2.24) is 9.62 Å². The van der Waals surface area contributed by atoms with Crippen molar-refractivity contribution in [2.45, 2.75) is 50.1 Å². The SMILES string of the molecule is CNCc1cc(S(=O)(=O)N(CC2CC2)C2CC2)c(C)o1. The Morgan fingerprint density at radius 2 is 2.05 bits per heavy atom. The highest BCUT2D eigenvalue weighted by Crippen LogP contribution is 2.38. The minimum absolute atomic E-state index is 0.211. The molecule has 1 heterocycles. The van der Waals surface area contributed by atoms with E-state index >= 15 is 0 Å². The average Bonchev–Trinajstić information content (AvgIpc) is 3.27. The minimum Gasteiger partial charge on any atom is -0.464 e. The van der Waals surface area contributed by atoms with Crippen LogP contribution in [0.5, 0.6) is 0 Å². The number of nitrogens with one attached hydrogen (secondary N) is 1. The van der Waals surface area contributed by atoms with Crippen molar-refractivity contribution in [2.75, 3.05) is 13.6 Å². The second-order valence-electron chi connectivity index (χ2n) is 5.91. The zero-order chi connectivity index (χ0) is 14.3. The maximum absolute atomic E-state index is 12.9. The van der Waals surface area contributed by atoms with E-state index in [-0.39, 0.29) is 6.04 Å². The summed E-state index contributed by atoms with van der Waals surface area (Å²) in [6.45, 7) is 2.95. The third kappa shape index (κ3) is 2.77. The van der Waals surface area contributed by atoms with Crippen LogP contribution in [-0.2, 0) is 16.6 Å². The molecule has 2 fully saturated rings. The Hall–Kier alpha value is -0.850. The number of hydrogen-bond donors (Lipinski definition) is 1.